The molecule has 128 valence electrons. The second-order valence-corrected chi connectivity index (χ2v) is 6.14. The van der Waals surface area contributed by atoms with Gasteiger partial charge in [-0.2, -0.15) is 0 Å². The smallest absolute Gasteiger partial charge is 0.331 e. The first-order valence-corrected chi connectivity index (χ1v) is 8.14. The van der Waals surface area contributed by atoms with Crippen molar-refractivity contribution in [3.63, 3.8) is 0 Å². The zero-order valence-electron chi connectivity index (χ0n) is 13.8. The molecule has 2 unspecified atom stereocenters. The van der Waals surface area contributed by atoms with E-state index in [9.17, 15) is 14.4 Å². The summed E-state index contributed by atoms with van der Waals surface area (Å²) in [5, 5.41) is 2.74. The van der Waals surface area contributed by atoms with E-state index in [4.69, 9.17) is 4.74 Å². The molecule has 0 aromatic carbocycles. The van der Waals surface area contributed by atoms with E-state index >= 15 is 0 Å². The number of nitrogens with one attached hydrogen (secondary N) is 1. The molecule has 23 heavy (non-hydrogen) atoms. The van der Waals surface area contributed by atoms with Gasteiger partial charge in [0.2, 0.25) is 5.91 Å². The van der Waals surface area contributed by atoms with Crippen molar-refractivity contribution in [3.8, 4) is 0 Å². The summed E-state index contributed by atoms with van der Waals surface area (Å²) in [6.45, 7) is 2.99. The van der Waals surface area contributed by atoms with Crippen LogP contribution >= 0.6 is 0 Å². The number of nitrogens with zero attached hydrogens (tertiary/aromatic N) is 2. The molecule has 1 amide bonds. The van der Waals surface area contributed by atoms with Crippen molar-refractivity contribution in [2.75, 3.05) is 13.2 Å². The molecule has 1 N–H and O–H groups in total. The number of hydrogen-bond donors (Lipinski definition) is 1. The highest BCUT2D eigenvalue weighted by Crippen LogP contribution is 2.25. The first-order valence-electron chi connectivity index (χ1n) is 8.14. The lowest BCUT2D eigenvalue weighted by Crippen LogP contribution is -2.40. The lowest BCUT2D eigenvalue weighted by Gasteiger charge is -2.28. The minimum absolute atomic E-state index is 0.104. The largest absolute Gasteiger partial charge is 0.376 e. The van der Waals surface area contributed by atoms with Crippen LogP contribution < -0.4 is 16.6 Å². The molecular weight excluding hydrogens is 298 g/mol. The molecule has 0 spiro atoms. The fraction of sp³-hybridized carbons (Fsp3) is 0.688. The molecule has 1 saturated carbocycles. The summed E-state index contributed by atoms with van der Waals surface area (Å²) >= 11 is 0. The van der Waals surface area contributed by atoms with Crippen LogP contribution in [0.5, 0.6) is 0 Å². The molecule has 0 saturated heterocycles. The van der Waals surface area contributed by atoms with Crippen LogP contribution in [0.15, 0.2) is 21.9 Å². The van der Waals surface area contributed by atoms with E-state index in [1.54, 1.807) is 0 Å². The van der Waals surface area contributed by atoms with Gasteiger partial charge < -0.3 is 10.1 Å². The number of rotatable bonds is 6. The fourth-order valence-corrected chi connectivity index (χ4v) is 2.88. The maximum Gasteiger partial charge on any atom is 0.331 e. The third kappa shape index (κ3) is 4.79. The molecule has 0 aliphatic heterocycles. The highest BCUT2D eigenvalue weighted by Gasteiger charge is 2.21. The Kier molecular flexibility index (Phi) is 6.15. The summed E-state index contributed by atoms with van der Waals surface area (Å²) in [6, 6.07) is 1.27. The van der Waals surface area contributed by atoms with Gasteiger partial charge in [-0.05, 0) is 18.8 Å². The normalized spacial score (nSPS) is 21.1. The minimum Gasteiger partial charge on any atom is -0.376 e. The van der Waals surface area contributed by atoms with E-state index in [1.165, 1.54) is 43.1 Å². The SMILES string of the molecule is CC1CCCCC1OCCNC(=O)Cn1ccc(=O)n(C)c1=O. The van der Waals surface area contributed by atoms with Crippen molar-refractivity contribution in [1.82, 2.24) is 14.5 Å². The Morgan fingerprint density at radius 1 is 1.35 bits per heavy atom. The van der Waals surface area contributed by atoms with Crippen molar-refractivity contribution in [2.24, 2.45) is 13.0 Å². The predicted molar refractivity (Wildman–Crippen MR) is 86.3 cm³/mol. The zero-order valence-corrected chi connectivity index (χ0v) is 13.8. The summed E-state index contributed by atoms with van der Waals surface area (Å²) in [5.41, 5.74) is -0.887. The molecule has 1 aromatic rings. The molecule has 1 aromatic heterocycles. The Labute approximate surface area is 135 Å². The Balaban J connectivity index is 1.74. The average Bonchev–Trinajstić information content (AvgIpc) is 2.54. The summed E-state index contributed by atoms with van der Waals surface area (Å²) in [6.07, 6.45) is 6.38. The topological polar surface area (TPSA) is 82.3 Å². The van der Waals surface area contributed by atoms with Gasteiger partial charge in [0.1, 0.15) is 6.54 Å². The van der Waals surface area contributed by atoms with Gasteiger partial charge in [0.05, 0.1) is 12.7 Å². The highest BCUT2D eigenvalue weighted by atomic mass is 16.5. The van der Waals surface area contributed by atoms with Gasteiger partial charge >= 0.3 is 5.69 Å². The summed E-state index contributed by atoms with van der Waals surface area (Å²) in [5.74, 6) is 0.301. The van der Waals surface area contributed by atoms with Gasteiger partial charge in [-0.1, -0.05) is 19.8 Å². The number of hydrogen-bond acceptors (Lipinski definition) is 4. The van der Waals surface area contributed by atoms with E-state index in [2.05, 4.69) is 12.2 Å². The molecule has 1 fully saturated rings. The highest BCUT2D eigenvalue weighted by molar-refractivity contribution is 5.75. The van der Waals surface area contributed by atoms with E-state index in [0.717, 1.165) is 11.0 Å². The molecule has 2 atom stereocenters. The van der Waals surface area contributed by atoms with E-state index in [-0.39, 0.29) is 24.1 Å². The molecule has 1 heterocycles. The Bertz CT molecular complexity index is 649. The van der Waals surface area contributed by atoms with Crippen molar-refractivity contribution < 1.29 is 9.53 Å². The monoisotopic (exact) mass is 323 g/mol. The quantitative estimate of drug-likeness (QED) is 0.761. The summed E-state index contributed by atoms with van der Waals surface area (Å²) in [7, 11) is 1.39. The summed E-state index contributed by atoms with van der Waals surface area (Å²) in [4.78, 5) is 35.0. The van der Waals surface area contributed by atoms with E-state index in [1.807, 2.05) is 0 Å². The standard InChI is InChI=1S/C16H25N3O4/c1-12-5-3-4-6-13(12)23-10-8-17-14(20)11-19-9-7-15(21)18(2)16(19)22/h7,9,12-13H,3-6,8,10-11H2,1-2H3,(H,17,20). The van der Waals surface area contributed by atoms with Gasteiger partial charge in [-0.3, -0.25) is 18.7 Å². The minimum atomic E-state index is -0.500. The first-order chi connectivity index (χ1) is 11.0. The molecule has 7 heteroatoms. The van der Waals surface area contributed by atoms with Crippen LogP contribution in [-0.4, -0.2) is 34.3 Å². The molecule has 0 bridgehead atoms. The average molecular weight is 323 g/mol. The van der Waals surface area contributed by atoms with Crippen molar-refractivity contribution >= 4 is 5.91 Å². The maximum atomic E-state index is 11.9. The Hall–Kier alpha value is -1.89. The van der Waals surface area contributed by atoms with Crippen LogP contribution in [-0.2, 0) is 23.1 Å². The third-order valence-corrected chi connectivity index (χ3v) is 4.36. The molecule has 2 rings (SSSR count). The summed E-state index contributed by atoms with van der Waals surface area (Å²) < 4.78 is 8.01. The Morgan fingerprint density at radius 3 is 2.83 bits per heavy atom. The Morgan fingerprint density at radius 2 is 2.09 bits per heavy atom. The maximum absolute atomic E-state index is 11.9. The molecular formula is C16H25N3O4. The number of aromatic nitrogens is 2. The van der Waals surface area contributed by atoms with Crippen LogP contribution in [0.25, 0.3) is 0 Å². The number of ether oxygens (including phenoxy) is 1. The molecule has 7 nitrogen and oxygen atoms in total. The van der Waals surface area contributed by atoms with Gasteiger partial charge in [0.25, 0.3) is 5.56 Å². The lowest BCUT2D eigenvalue weighted by atomic mass is 9.88. The van der Waals surface area contributed by atoms with Gasteiger partial charge in [-0.15, -0.1) is 0 Å². The van der Waals surface area contributed by atoms with Crippen molar-refractivity contribution in [2.45, 2.75) is 45.3 Å². The lowest BCUT2D eigenvalue weighted by molar-refractivity contribution is -0.122. The van der Waals surface area contributed by atoms with Crippen LogP contribution in [0.2, 0.25) is 0 Å². The number of carbonyl (C=O) groups excluding carboxylic acids is 1. The molecule has 1 aliphatic carbocycles. The third-order valence-electron chi connectivity index (χ3n) is 4.36. The number of amides is 1. The molecule has 0 radical (unpaired) electrons. The zero-order chi connectivity index (χ0) is 16.8. The van der Waals surface area contributed by atoms with Gasteiger partial charge in [-0.25, -0.2) is 4.79 Å². The second-order valence-electron chi connectivity index (χ2n) is 6.14. The van der Waals surface area contributed by atoms with Crippen LogP contribution in [0, 0.1) is 5.92 Å². The number of carbonyl (C=O) groups is 1. The van der Waals surface area contributed by atoms with Gasteiger partial charge in [0.15, 0.2) is 0 Å². The first kappa shape index (κ1) is 17.5. The second kappa shape index (κ2) is 8.10. The van der Waals surface area contributed by atoms with Crippen LogP contribution in [0.3, 0.4) is 0 Å². The van der Waals surface area contributed by atoms with Crippen LogP contribution in [0.1, 0.15) is 32.6 Å². The van der Waals surface area contributed by atoms with Crippen molar-refractivity contribution in [3.05, 3.63) is 33.1 Å². The fourth-order valence-electron chi connectivity index (χ4n) is 2.88. The van der Waals surface area contributed by atoms with Crippen molar-refractivity contribution in [1.29, 1.82) is 0 Å². The predicted octanol–water partition coefficient (Wildman–Crippen LogP) is 0.259. The van der Waals surface area contributed by atoms with Gasteiger partial charge in [0, 0.05) is 25.9 Å². The van der Waals surface area contributed by atoms with E-state index < -0.39 is 5.69 Å². The van der Waals surface area contributed by atoms with E-state index in [0.29, 0.717) is 19.1 Å². The molecule has 1 aliphatic rings. The van der Waals surface area contributed by atoms with Crippen LogP contribution in [0.4, 0.5) is 0 Å².